The molecule has 0 amide bonds. The second kappa shape index (κ2) is 5.77. The van der Waals surface area contributed by atoms with Crippen LogP contribution in [0.4, 0.5) is 5.69 Å². The molecule has 0 aliphatic rings. The standard InChI is InChI=1S/C13H16ClN3OS/c1-9(17-13(2,7-14)18-3)16-10-4-5-11-12(6-10)19-8-15-11/h4-6,8,16-17H,1,7H2,2-3H3. The van der Waals surface area contributed by atoms with Crippen LogP contribution in [0.3, 0.4) is 0 Å². The third-order valence-corrected chi connectivity index (χ3v) is 4.05. The number of ether oxygens (including phenoxy) is 1. The van der Waals surface area contributed by atoms with E-state index in [9.17, 15) is 0 Å². The van der Waals surface area contributed by atoms with Gasteiger partial charge in [-0.1, -0.05) is 6.58 Å². The van der Waals surface area contributed by atoms with Crippen LogP contribution in [0, 0.1) is 0 Å². The minimum absolute atomic E-state index is 0.318. The van der Waals surface area contributed by atoms with Gasteiger partial charge in [0.05, 0.1) is 27.4 Å². The number of hydrogen-bond donors (Lipinski definition) is 2. The number of nitrogens with zero attached hydrogens (tertiary/aromatic N) is 1. The molecular weight excluding hydrogens is 282 g/mol. The van der Waals surface area contributed by atoms with Crippen LogP contribution >= 0.6 is 22.9 Å². The molecule has 1 unspecified atom stereocenters. The van der Waals surface area contributed by atoms with Crippen LogP contribution in [0.25, 0.3) is 10.2 Å². The van der Waals surface area contributed by atoms with Crippen molar-refractivity contribution < 1.29 is 4.74 Å². The topological polar surface area (TPSA) is 46.2 Å². The molecule has 1 aromatic heterocycles. The summed E-state index contributed by atoms with van der Waals surface area (Å²) in [5.74, 6) is 0.951. The Hall–Kier alpha value is -1.30. The van der Waals surface area contributed by atoms with Gasteiger partial charge in [0.2, 0.25) is 0 Å². The molecule has 0 spiro atoms. The SMILES string of the molecule is C=C(Nc1ccc2ncsc2c1)NC(C)(CCl)OC. The lowest BCUT2D eigenvalue weighted by Gasteiger charge is -2.29. The van der Waals surface area contributed by atoms with E-state index in [1.54, 1.807) is 18.4 Å². The number of fused-ring (bicyclic) bond motifs is 1. The van der Waals surface area contributed by atoms with Gasteiger partial charge in [0.15, 0.2) is 0 Å². The molecule has 1 atom stereocenters. The zero-order valence-electron chi connectivity index (χ0n) is 10.9. The van der Waals surface area contributed by atoms with Gasteiger partial charge in [0.1, 0.15) is 5.72 Å². The molecule has 102 valence electrons. The molecule has 19 heavy (non-hydrogen) atoms. The summed E-state index contributed by atoms with van der Waals surface area (Å²) in [6.07, 6.45) is 0. The van der Waals surface area contributed by atoms with Crippen LogP contribution < -0.4 is 10.6 Å². The number of halogens is 1. The average Bonchev–Trinajstić information content (AvgIpc) is 2.85. The number of nitrogens with one attached hydrogen (secondary N) is 2. The second-order valence-electron chi connectivity index (χ2n) is 4.33. The van der Waals surface area contributed by atoms with Crippen LogP contribution in [0.15, 0.2) is 36.1 Å². The number of alkyl halides is 1. The van der Waals surface area contributed by atoms with Crippen LogP contribution in [-0.2, 0) is 4.74 Å². The van der Waals surface area contributed by atoms with Crippen molar-refractivity contribution in [2.24, 2.45) is 0 Å². The number of aromatic nitrogens is 1. The highest BCUT2D eigenvalue weighted by Crippen LogP contribution is 2.22. The van der Waals surface area contributed by atoms with E-state index in [1.165, 1.54) is 0 Å². The Kier molecular flexibility index (Phi) is 4.29. The van der Waals surface area contributed by atoms with Gasteiger partial charge in [0.25, 0.3) is 0 Å². The molecule has 1 aromatic carbocycles. The van der Waals surface area contributed by atoms with E-state index in [4.69, 9.17) is 16.3 Å². The summed E-state index contributed by atoms with van der Waals surface area (Å²) in [5, 5.41) is 6.29. The lowest BCUT2D eigenvalue weighted by Crippen LogP contribution is -2.46. The van der Waals surface area contributed by atoms with E-state index in [2.05, 4.69) is 22.2 Å². The Balaban J connectivity index is 2.06. The van der Waals surface area contributed by atoms with E-state index in [0.717, 1.165) is 15.9 Å². The van der Waals surface area contributed by atoms with Gasteiger partial charge < -0.3 is 15.4 Å². The molecule has 2 N–H and O–H groups in total. The first-order chi connectivity index (χ1) is 9.06. The summed E-state index contributed by atoms with van der Waals surface area (Å²) >= 11 is 7.46. The lowest BCUT2D eigenvalue weighted by molar-refractivity contribution is 0.00513. The number of methoxy groups -OCH3 is 1. The van der Waals surface area contributed by atoms with Gasteiger partial charge in [-0.05, 0) is 25.1 Å². The minimum Gasteiger partial charge on any atom is -0.358 e. The third-order valence-electron chi connectivity index (χ3n) is 2.75. The van der Waals surface area contributed by atoms with Crippen LogP contribution in [-0.4, -0.2) is 23.7 Å². The van der Waals surface area contributed by atoms with Crippen molar-refractivity contribution in [2.75, 3.05) is 18.3 Å². The predicted molar refractivity (Wildman–Crippen MR) is 81.7 cm³/mol. The minimum atomic E-state index is -0.639. The second-order valence-corrected chi connectivity index (χ2v) is 5.49. The molecule has 1 heterocycles. The summed E-state index contributed by atoms with van der Waals surface area (Å²) < 4.78 is 6.43. The molecule has 0 radical (unpaired) electrons. The fourth-order valence-electron chi connectivity index (χ4n) is 1.60. The third kappa shape index (κ3) is 3.37. The van der Waals surface area contributed by atoms with Gasteiger partial charge in [-0.15, -0.1) is 22.9 Å². The van der Waals surface area contributed by atoms with E-state index in [0.29, 0.717) is 11.7 Å². The zero-order valence-corrected chi connectivity index (χ0v) is 12.4. The Bertz CT molecular complexity index is 580. The number of rotatable bonds is 6. The Labute approximate surface area is 121 Å². The number of thiazole rings is 1. The van der Waals surface area contributed by atoms with E-state index in [-0.39, 0.29) is 0 Å². The molecule has 6 heteroatoms. The van der Waals surface area contributed by atoms with E-state index >= 15 is 0 Å². The normalized spacial score (nSPS) is 14.1. The fraction of sp³-hybridized carbons (Fsp3) is 0.308. The van der Waals surface area contributed by atoms with Gasteiger partial charge in [-0.3, -0.25) is 0 Å². The van der Waals surface area contributed by atoms with E-state index < -0.39 is 5.72 Å². The summed E-state index contributed by atoms with van der Waals surface area (Å²) in [4.78, 5) is 4.24. The van der Waals surface area contributed by atoms with Crippen molar-refractivity contribution in [3.63, 3.8) is 0 Å². The number of benzene rings is 1. The van der Waals surface area contributed by atoms with Gasteiger partial charge in [-0.2, -0.15) is 0 Å². The summed E-state index contributed by atoms with van der Waals surface area (Å²) in [6, 6.07) is 5.96. The first-order valence-electron chi connectivity index (χ1n) is 5.75. The molecule has 0 aliphatic heterocycles. The molecule has 2 aromatic rings. The fourth-order valence-corrected chi connectivity index (χ4v) is 2.49. The first kappa shape index (κ1) is 14.1. The average molecular weight is 298 g/mol. The van der Waals surface area contributed by atoms with Gasteiger partial charge >= 0.3 is 0 Å². The van der Waals surface area contributed by atoms with Crippen molar-refractivity contribution >= 4 is 38.8 Å². The first-order valence-corrected chi connectivity index (χ1v) is 7.16. The molecule has 0 saturated heterocycles. The molecule has 0 fully saturated rings. The maximum atomic E-state index is 5.86. The highest BCUT2D eigenvalue weighted by molar-refractivity contribution is 7.16. The Morgan fingerprint density at radius 1 is 1.58 bits per heavy atom. The van der Waals surface area contributed by atoms with Crippen molar-refractivity contribution in [3.8, 4) is 0 Å². The molecule has 0 saturated carbocycles. The predicted octanol–water partition coefficient (Wildman–Crippen LogP) is 3.37. The lowest BCUT2D eigenvalue weighted by atomic mass is 10.3. The highest BCUT2D eigenvalue weighted by Gasteiger charge is 2.22. The molecule has 0 aliphatic carbocycles. The largest absolute Gasteiger partial charge is 0.358 e. The van der Waals surface area contributed by atoms with Gasteiger partial charge in [0, 0.05) is 12.8 Å². The summed E-state index contributed by atoms with van der Waals surface area (Å²) in [5.41, 5.74) is 3.14. The Morgan fingerprint density at radius 2 is 2.37 bits per heavy atom. The molecule has 0 bridgehead atoms. The summed E-state index contributed by atoms with van der Waals surface area (Å²) in [7, 11) is 1.60. The number of anilines is 1. The maximum absolute atomic E-state index is 5.86. The van der Waals surface area contributed by atoms with Crippen molar-refractivity contribution in [3.05, 3.63) is 36.1 Å². The van der Waals surface area contributed by atoms with Crippen molar-refractivity contribution in [1.29, 1.82) is 0 Å². The van der Waals surface area contributed by atoms with Crippen LogP contribution in [0.5, 0.6) is 0 Å². The van der Waals surface area contributed by atoms with Gasteiger partial charge in [-0.25, -0.2) is 4.98 Å². The monoisotopic (exact) mass is 297 g/mol. The summed E-state index contributed by atoms with van der Waals surface area (Å²) in [6.45, 7) is 5.79. The smallest absolute Gasteiger partial charge is 0.150 e. The van der Waals surface area contributed by atoms with E-state index in [1.807, 2.05) is 30.6 Å². The highest BCUT2D eigenvalue weighted by atomic mass is 35.5. The maximum Gasteiger partial charge on any atom is 0.150 e. The zero-order chi connectivity index (χ0) is 13.9. The molecular formula is C13H16ClN3OS. The van der Waals surface area contributed by atoms with Crippen molar-refractivity contribution in [2.45, 2.75) is 12.6 Å². The molecule has 4 nitrogen and oxygen atoms in total. The quantitative estimate of drug-likeness (QED) is 0.634. The van der Waals surface area contributed by atoms with Crippen LogP contribution in [0.1, 0.15) is 6.92 Å². The van der Waals surface area contributed by atoms with Crippen molar-refractivity contribution in [1.82, 2.24) is 10.3 Å². The number of hydrogen-bond acceptors (Lipinski definition) is 5. The molecule has 2 rings (SSSR count). The van der Waals surface area contributed by atoms with Crippen LogP contribution in [0.2, 0.25) is 0 Å². The Morgan fingerprint density at radius 3 is 3.05 bits per heavy atom.